The van der Waals surface area contributed by atoms with Crippen molar-refractivity contribution in [1.29, 1.82) is 0 Å². The van der Waals surface area contributed by atoms with E-state index < -0.39 is 0 Å². The van der Waals surface area contributed by atoms with Gasteiger partial charge in [0, 0.05) is 19.6 Å². The van der Waals surface area contributed by atoms with Crippen LogP contribution in [0.25, 0.3) is 0 Å². The molecule has 3 N–H and O–H groups in total. The summed E-state index contributed by atoms with van der Waals surface area (Å²) in [5, 5.41) is 4.05. The molecule has 0 radical (unpaired) electrons. The maximum Gasteiger partial charge on any atom is 0.139 e. The topological polar surface area (TPSA) is 56.5 Å². The highest BCUT2D eigenvalue weighted by Crippen LogP contribution is 2.31. The molecule has 0 heterocycles. The van der Waals surface area contributed by atoms with Crippen molar-refractivity contribution in [3.05, 3.63) is 28.2 Å². The van der Waals surface area contributed by atoms with E-state index >= 15 is 0 Å². The maximum absolute atomic E-state index is 5.97. The largest absolute Gasteiger partial charge is 0.490 e. The highest BCUT2D eigenvalue weighted by Gasteiger charge is 2.04. The minimum Gasteiger partial charge on any atom is -0.490 e. The third kappa shape index (κ3) is 5.89. The monoisotopic (exact) mass is 292 g/mol. The van der Waals surface area contributed by atoms with Gasteiger partial charge >= 0.3 is 0 Å². The van der Waals surface area contributed by atoms with Crippen LogP contribution in [0.5, 0.6) is 5.75 Å². The first-order valence-electron chi connectivity index (χ1n) is 5.81. The van der Waals surface area contributed by atoms with Gasteiger partial charge in [-0.05, 0) is 12.1 Å². The summed E-state index contributed by atoms with van der Waals surface area (Å²) in [6, 6.07) is 5.29. The third-order valence-corrected chi connectivity index (χ3v) is 2.95. The zero-order valence-corrected chi connectivity index (χ0v) is 11.6. The molecular formula is C12H18Cl2N2O2. The predicted octanol–water partition coefficient (Wildman–Crippen LogP) is 1.94. The summed E-state index contributed by atoms with van der Waals surface area (Å²) >= 11 is 11.8. The lowest BCUT2D eigenvalue weighted by molar-refractivity contribution is 0.102. The summed E-state index contributed by atoms with van der Waals surface area (Å²) in [5.41, 5.74) is 5.34. The molecule has 0 fully saturated rings. The molecule has 1 aromatic carbocycles. The summed E-state index contributed by atoms with van der Waals surface area (Å²) in [4.78, 5) is 0. The van der Waals surface area contributed by atoms with Gasteiger partial charge in [0.1, 0.15) is 17.4 Å². The van der Waals surface area contributed by atoms with E-state index in [4.69, 9.17) is 38.4 Å². The minimum atomic E-state index is 0.434. The molecule has 0 atom stereocenters. The molecule has 0 saturated carbocycles. The lowest BCUT2D eigenvalue weighted by atomic mass is 10.3. The van der Waals surface area contributed by atoms with Gasteiger partial charge in [-0.2, -0.15) is 0 Å². The summed E-state index contributed by atoms with van der Waals surface area (Å²) in [7, 11) is 0. The van der Waals surface area contributed by atoms with Gasteiger partial charge in [0.05, 0.1) is 18.2 Å². The van der Waals surface area contributed by atoms with Crippen LogP contribution in [0.4, 0.5) is 0 Å². The lowest BCUT2D eigenvalue weighted by Gasteiger charge is -2.09. The second-order valence-electron chi connectivity index (χ2n) is 3.55. The fourth-order valence-electron chi connectivity index (χ4n) is 1.28. The van der Waals surface area contributed by atoms with E-state index in [-0.39, 0.29) is 0 Å². The molecular weight excluding hydrogens is 275 g/mol. The van der Waals surface area contributed by atoms with Crippen molar-refractivity contribution in [3.8, 4) is 5.75 Å². The molecule has 0 unspecified atom stereocenters. The number of nitrogens with one attached hydrogen (secondary N) is 1. The molecule has 0 bridgehead atoms. The number of hydrogen-bond donors (Lipinski definition) is 2. The first-order chi connectivity index (χ1) is 8.75. The van der Waals surface area contributed by atoms with Crippen molar-refractivity contribution in [2.24, 2.45) is 5.73 Å². The van der Waals surface area contributed by atoms with Crippen molar-refractivity contribution >= 4 is 23.2 Å². The van der Waals surface area contributed by atoms with Crippen LogP contribution in [0.3, 0.4) is 0 Å². The van der Waals surface area contributed by atoms with Crippen LogP contribution in [0.1, 0.15) is 0 Å². The summed E-state index contributed by atoms with van der Waals surface area (Å²) in [6.07, 6.45) is 0. The smallest absolute Gasteiger partial charge is 0.139 e. The van der Waals surface area contributed by atoms with Crippen molar-refractivity contribution in [2.45, 2.75) is 0 Å². The van der Waals surface area contributed by atoms with Crippen molar-refractivity contribution in [1.82, 2.24) is 5.32 Å². The first-order valence-corrected chi connectivity index (χ1v) is 6.56. The number of rotatable bonds is 9. The van der Waals surface area contributed by atoms with E-state index in [0.717, 1.165) is 13.1 Å². The van der Waals surface area contributed by atoms with E-state index in [1.807, 2.05) is 0 Å². The Kier molecular flexibility index (Phi) is 8.13. The van der Waals surface area contributed by atoms with E-state index in [1.54, 1.807) is 18.2 Å². The van der Waals surface area contributed by atoms with E-state index in [2.05, 4.69) is 5.32 Å². The zero-order chi connectivity index (χ0) is 13.2. The molecule has 6 heteroatoms. The maximum atomic E-state index is 5.97. The molecule has 18 heavy (non-hydrogen) atoms. The van der Waals surface area contributed by atoms with E-state index in [0.29, 0.717) is 42.2 Å². The lowest BCUT2D eigenvalue weighted by Crippen LogP contribution is -2.26. The van der Waals surface area contributed by atoms with Gasteiger partial charge in [-0.3, -0.25) is 0 Å². The zero-order valence-electron chi connectivity index (χ0n) is 10.1. The van der Waals surface area contributed by atoms with Gasteiger partial charge < -0.3 is 20.5 Å². The van der Waals surface area contributed by atoms with Gasteiger partial charge in [0.2, 0.25) is 0 Å². The highest BCUT2D eigenvalue weighted by atomic mass is 35.5. The SMILES string of the molecule is NCCNCCOCCOc1cccc(Cl)c1Cl. The van der Waals surface area contributed by atoms with Crippen LogP contribution in [0, 0.1) is 0 Å². The minimum absolute atomic E-state index is 0.434. The standard InChI is InChI=1S/C12H18Cl2N2O2/c13-10-2-1-3-11(12(10)14)18-9-8-17-7-6-16-5-4-15/h1-3,16H,4-9,15H2. The van der Waals surface area contributed by atoms with Gasteiger partial charge in [-0.25, -0.2) is 0 Å². The van der Waals surface area contributed by atoms with Crippen LogP contribution in [-0.4, -0.2) is 39.5 Å². The van der Waals surface area contributed by atoms with Gasteiger partial charge in [-0.1, -0.05) is 29.3 Å². The van der Waals surface area contributed by atoms with Crippen molar-refractivity contribution in [2.75, 3.05) is 39.5 Å². The molecule has 1 aromatic rings. The third-order valence-electron chi connectivity index (χ3n) is 2.15. The Morgan fingerprint density at radius 1 is 1.11 bits per heavy atom. The summed E-state index contributed by atoms with van der Waals surface area (Å²) in [5.74, 6) is 0.578. The summed E-state index contributed by atoms with van der Waals surface area (Å²) in [6.45, 7) is 3.81. The molecule has 0 spiro atoms. The van der Waals surface area contributed by atoms with E-state index in [1.165, 1.54) is 0 Å². The molecule has 0 aliphatic rings. The molecule has 102 valence electrons. The Labute approximate surface area is 117 Å². The molecule has 0 aliphatic heterocycles. The molecule has 4 nitrogen and oxygen atoms in total. The van der Waals surface area contributed by atoms with Gasteiger partial charge in [0.15, 0.2) is 0 Å². The Balaban J connectivity index is 2.09. The van der Waals surface area contributed by atoms with Crippen molar-refractivity contribution in [3.63, 3.8) is 0 Å². The second-order valence-corrected chi connectivity index (χ2v) is 4.34. The number of halogens is 2. The molecule has 0 amide bonds. The molecule has 0 aromatic heterocycles. The van der Waals surface area contributed by atoms with Crippen LogP contribution in [0.2, 0.25) is 10.0 Å². The van der Waals surface area contributed by atoms with E-state index in [9.17, 15) is 0 Å². The second kappa shape index (κ2) is 9.42. The van der Waals surface area contributed by atoms with Crippen LogP contribution >= 0.6 is 23.2 Å². The normalized spacial score (nSPS) is 10.6. The van der Waals surface area contributed by atoms with Crippen LogP contribution in [0.15, 0.2) is 18.2 Å². The Bertz CT molecular complexity index is 351. The number of ether oxygens (including phenoxy) is 2. The average molecular weight is 293 g/mol. The van der Waals surface area contributed by atoms with Crippen molar-refractivity contribution < 1.29 is 9.47 Å². The fourth-order valence-corrected chi connectivity index (χ4v) is 1.63. The number of nitrogens with two attached hydrogens (primary N) is 1. The summed E-state index contributed by atoms with van der Waals surface area (Å²) < 4.78 is 10.8. The Hall–Kier alpha value is -0.520. The van der Waals surface area contributed by atoms with Crippen LogP contribution in [-0.2, 0) is 4.74 Å². The molecule has 0 saturated heterocycles. The first kappa shape index (κ1) is 15.5. The predicted molar refractivity (Wildman–Crippen MR) is 74.7 cm³/mol. The average Bonchev–Trinajstić information content (AvgIpc) is 2.37. The molecule has 0 aliphatic carbocycles. The quantitative estimate of drug-likeness (QED) is 0.683. The highest BCUT2D eigenvalue weighted by molar-refractivity contribution is 6.42. The van der Waals surface area contributed by atoms with Gasteiger partial charge in [-0.15, -0.1) is 0 Å². The Morgan fingerprint density at radius 3 is 2.72 bits per heavy atom. The fraction of sp³-hybridized carbons (Fsp3) is 0.500. The number of benzene rings is 1. The Morgan fingerprint density at radius 2 is 1.94 bits per heavy atom. The molecule has 1 rings (SSSR count). The van der Waals surface area contributed by atoms with Crippen LogP contribution < -0.4 is 15.8 Å². The van der Waals surface area contributed by atoms with Gasteiger partial charge in [0.25, 0.3) is 0 Å². The number of hydrogen-bond acceptors (Lipinski definition) is 4.